The summed E-state index contributed by atoms with van der Waals surface area (Å²) in [6, 6.07) is 19.5. The van der Waals surface area contributed by atoms with Crippen molar-refractivity contribution in [3.05, 3.63) is 89.4 Å². The molecule has 2 atom stereocenters. The zero-order valence-electron chi connectivity index (χ0n) is 27.8. The summed E-state index contributed by atoms with van der Waals surface area (Å²) in [6.07, 6.45) is 10.1. The fourth-order valence-electron chi connectivity index (χ4n) is 7.41. The molecule has 2 aromatic heterocycles. The highest BCUT2D eigenvalue weighted by Gasteiger charge is 2.34. The molecule has 0 radical (unpaired) electrons. The van der Waals surface area contributed by atoms with Gasteiger partial charge in [0.25, 0.3) is 0 Å². The van der Waals surface area contributed by atoms with Crippen LogP contribution in [0.3, 0.4) is 0 Å². The van der Waals surface area contributed by atoms with Gasteiger partial charge in [0.05, 0.1) is 30.8 Å². The van der Waals surface area contributed by atoms with E-state index in [0.717, 1.165) is 48.6 Å². The van der Waals surface area contributed by atoms with Gasteiger partial charge in [0.1, 0.15) is 12.4 Å². The van der Waals surface area contributed by atoms with Gasteiger partial charge in [0, 0.05) is 67.3 Å². The predicted molar refractivity (Wildman–Crippen MR) is 188 cm³/mol. The number of ether oxygens (including phenoxy) is 1. The number of hydrogen-bond acceptors (Lipinski definition) is 9. The van der Waals surface area contributed by atoms with Crippen LogP contribution in [0, 0.1) is 18.3 Å². The number of anilines is 2. The van der Waals surface area contributed by atoms with Crippen molar-refractivity contribution in [2.24, 2.45) is 0 Å². The molecule has 2 fully saturated rings. The van der Waals surface area contributed by atoms with Crippen LogP contribution < -0.4 is 14.5 Å². The second-order valence-corrected chi connectivity index (χ2v) is 13.1. The zero-order chi connectivity index (χ0) is 33.0. The van der Waals surface area contributed by atoms with E-state index in [-0.39, 0.29) is 18.4 Å². The van der Waals surface area contributed by atoms with Crippen LogP contribution in [0.4, 0.5) is 11.5 Å². The number of benzene rings is 2. The van der Waals surface area contributed by atoms with Crippen molar-refractivity contribution in [2.45, 2.75) is 51.2 Å². The lowest BCUT2D eigenvalue weighted by Gasteiger charge is -2.42. The fraction of sp³-hybridized carbons (Fsp3) is 0.395. The Labute approximate surface area is 282 Å². The first-order valence-electron chi connectivity index (χ1n) is 16.9. The van der Waals surface area contributed by atoms with E-state index >= 15 is 0 Å². The van der Waals surface area contributed by atoms with Crippen molar-refractivity contribution < 1.29 is 9.53 Å². The van der Waals surface area contributed by atoms with E-state index in [9.17, 15) is 10.1 Å². The highest BCUT2D eigenvalue weighted by atomic mass is 16.5. The number of nitrogens with zero attached hydrogens (tertiary/aromatic N) is 8. The number of pyridine rings is 1. The van der Waals surface area contributed by atoms with Gasteiger partial charge in [-0.15, -0.1) is 0 Å². The van der Waals surface area contributed by atoms with E-state index in [4.69, 9.17) is 14.7 Å². The Morgan fingerprint density at radius 1 is 1.02 bits per heavy atom. The number of aryl methyl sites for hydroxylation is 1. The lowest BCUT2D eigenvalue weighted by molar-refractivity contribution is -0.128. The third-order valence-electron chi connectivity index (χ3n) is 10.0. The number of fused-ring (bicyclic) bond motifs is 2. The largest absolute Gasteiger partial charge is 0.462 e. The molecule has 246 valence electrons. The number of carbonyl (C=O) groups is 1. The Kier molecular flexibility index (Phi) is 9.21. The summed E-state index contributed by atoms with van der Waals surface area (Å²) in [5.74, 6) is 0.771. The molecular formula is C38H42N8O2. The zero-order valence-corrected chi connectivity index (χ0v) is 27.8. The number of likely N-dealkylation sites (tertiary alicyclic amines) is 1. The van der Waals surface area contributed by atoms with Crippen LogP contribution in [0.2, 0.25) is 0 Å². The minimum absolute atomic E-state index is 0.0952. The lowest BCUT2D eigenvalue weighted by Crippen LogP contribution is -2.55. The lowest BCUT2D eigenvalue weighted by atomic mass is 9.99. The monoisotopic (exact) mass is 642 g/mol. The van der Waals surface area contributed by atoms with E-state index < -0.39 is 0 Å². The Morgan fingerprint density at radius 3 is 2.65 bits per heavy atom. The minimum atomic E-state index is -0.265. The van der Waals surface area contributed by atoms with Crippen LogP contribution in [-0.4, -0.2) is 89.1 Å². The molecule has 0 N–H and O–H groups in total. The van der Waals surface area contributed by atoms with Crippen LogP contribution in [0.15, 0.2) is 67.0 Å². The Morgan fingerprint density at radius 2 is 1.85 bits per heavy atom. The summed E-state index contributed by atoms with van der Waals surface area (Å²) in [7, 11) is 2.15. The van der Waals surface area contributed by atoms with Gasteiger partial charge in [-0.05, 0) is 80.6 Å². The van der Waals surface area contributed by atoms with Crippen molar-refractivity contribution in [1.29, 1.82) is 5.26 Å². The van der Waals surface area contributed by atoms with E-state index in [1.807, 2.05) is 17.0 Å². The number of carbonyl (C=O) groups excluding carboxylic acids is 1. The molecule has 3 aliphatic heterocycles. The van der Waals surface area contributed by atoms with Gasteiger partial charge in [-0.25, -0.2) is 0 Å². The normalized spacial score (nSPS) is 19.9. The van der Waals surface area contributed by atoms with Gasteiger partial charge in [-0.1, -0.05) is 30.3 Å². The molecule has 0 spiro atoms. The standard InChI is InChI=1S/C38H42N8O2/c1-27-6-3-7-29-8-4-10-34(36(27)29)44-21-16-32-33(25-44)41-38(48-26-31-9-5-20-43(31)2)42-37(32)45-22-23-46(30(24-45)13-17-39)35(47)12-11-28-14-18-40-19-15-28/h3-4,6-8,10-12,14-15,18-19,30-31H,5,9,13,16,20-26H2,1-2H3/b12-11+. The number of nitriles is 1. The van der Waals surface area contributed by atoms with Gasteiger partial charge in [-0.3, -0.25) is 9.78 Å². The van der Waals surface area contributed by atoms with Crippen LogP contribution >= 0.6 is 0 Å². The smallest absolute Gasteiger partial charge is 0.318 e. The molecule has 10 nitrogen and oxygen atoms in total. The average Bonchev–Trinajstić information content (AvgIpc) is 3.53. The topological polar surface area (TPSA) is 102 Å². The van der Waals surface area contributed by atoms with Gasteiger partial charge < -0.3 is 24.3 Å². The van der Waals surface area contributed by atoms with E-state index in [1.165, 1.54) is 28.4 Å². The van der Waals surface area contributed by atoms with Crippen molar-refractivity contribution in [3.63, 3.8) is 0 Å². The molecule has 4 aromatic rings. The Hall–Kier alpha value is -5.01. The average molecular weight is 643 g/mol. The van der Waals surface area contributed by atoms with Crippen molar-refractivity contribution in [2.75, 3.05) is 56.2 Å². The maximum atomic E-state index is 13.4. The number of likely N-dealkylation sites (N-methyl/N-ethyl adjacent to an activating group) is 1. The van der Waals surface area contributed by atoms with Crippen LogP contribution in [-0.2, 0) is 17.8 Å². The van der Waals surface area contributed by atoms with Crippen LogP contribution in [0.25, 0.3) is 16.8 Å². The SMILES string of the molecule is Cc1cccc2cccc(N3CCc4c(nc(OCC5CCCN5C)nc4N4CCN(C(=O)/C=C/c5ccncc5)C(CC#N)C4)C3)c12. The first-order valence-corrected chi connectivity index (χ1v) is 16.9. The quantitative estimate of drug-likeness (QED) is 0.246. The van der Waals surface area contributed by atoms with Gasteiger partial charge in [0.15, 0.2) is 0 Å². The number of hydrogen-bond donors (Lipinski definition) is 0. The highest BCUT2D eigenvalue weighted by molar-refractivity contribution is 5.97. The molecule has 48 heavy (non-hydrogen) atoms. The summed E-state index contributed by atoms with van der Waals surface area (Å²) < 4.78 is 6.36. The third-order valence-corrected chi connectivity index (χ3v) is 10.0. The molecule has 7 rings (SSSR count). The van der Waals surface area contributed by atoms with Crippen molar-refractivity contribution >= 4 is 34.3 Å². The minimum Gasteiger partial charge on any atom is -0.462 e. The van der Waals surface area contributed by atoms with Crippen LogP contribution in [0.5, 0.6) is 6.01 Å². The highest BCUT2D eigenvalue weighted by Crippen LogP contribution is 2.36. The van der Waals surface area contributed by atoms with Crippen molar-refractivity contribution in [1.82, 2.24) is 24.8 Å². The summed E-state index contributed by atoms with van der Waals surface area (Å²) in [4.78, 5) is 36.3. The van der Waals surface area contributed by atoms with Gasteiger partial charge in [0.2, 0.25) is 5.91 Å². The maximum Gasteiger partial charge on any atom is 0.318 e. The van der Waals surface area contributed by atoms with E-state index in [2.05, 4.69) is 76.1 Å². The second kappa shape index (κ2) is 14.0. The summed E-state index contributed by atoms with van der Waals surface area (Å²) in [5.41, 5.74) is 5.48. The van der Waals surface area contributed by atoms with Crippen LogP contribution in [0.1, 0.15) is 41.6 Å². The molecule has 0 saturated carbocycles. The van der Waals surface area contributed by atoms with E-state index in [0.29, 0.717) is 44.8 Å². The molecule has 2 aromatic carbocycles. The molecule has 2 saturated heterocycles. The summed E-state index contributed by atoms with van der Waals surface area (Å²) >= 11 is 0. The van der Waals surface area contributed by atoms with E-state index in [1.54, 1.807) is 24.5 Å². The number of piperazine rings is 1. The number of rotatable bonds is 8. The summed E-state index contributed by atoms with van der Waals surface area (Å²) in [5, 5.41) is 12.3. The molecule has 1 amide bonds. The number of amides is 1. The van der Waals surface area contributed by atoms with Gasteiger partial charge >= 0.3 is 6.01 Å². The first-order chi connectivity index (χ1) is 23.5. The van der Waals surface area contributed by atoms with Crippen molar-refractivity contribution in [3.8, 4) is 12.1 Å². The first kappa shape index (κ1) is 31.6. The molecule has 3 aliphatic rings. The molecular weight excluding hydrogens is 600 g/mol. The molecule has 10 heteroatoms. The van der Waals surface area contributed by atoms with Gasteiger partial charge in [-0.2, -0.15) is 15.2 Å². The Bertz CT molecular complexity index is 1850. The molecule has 2 unspecified atom stereocenters. The fourth-order valence-corrected chi connectivity index (χ4v) is 7.41. The molecule has 5 heterocycles. The third kappa shape index (κ3) is 6.56. The predicted octanol–water partition coefficient (Wildman–Crippen LogP) is 5.01. The molecule has 0 aliphatic carbocycles. The second-order valence-electron chi connectivity index (χ2n) is 13.1. The number of aromatic nitrogens is 3. The molecule has 0 bridgehead atoms. The Balaban J connectivity index is 1.18. The maximum absolute atomic E-state index is 13.4. The summed E-state index contributed by atoms with van der Waals surface area (Å²) in [6.45, 7) is 6.90.